The predicted molar refractivity (Wildman–Crippen MR) is 88.4 cm³/mol. The minimum Gasteiger partial charge on any atom is -0.495 e. The zero-order valence-corrected chi connectivity index (χ0v) is 13.6. The summed E-state index contributed by atoms with van der Waals surface area (Å²) in [6.45, 7) is 1.12. The van der Waals surface area contributed by atoms with Gasteiger partial charge in [-0.1, -0.05) is 11.6 Å². The number of rotatable bonds is 7. The second-order valence-corrected chi connectivity index (χ2v) is 4.92. The summed E-state index contributed by atoms with van der Waals surface area (Å²) < 4.78 is 10.0. The quantitative estimate of drug-likeness (QED) is 0.755. The third-order valence-electron chi connectivity index (χ3n) is 2.92. The van der Waals surface area contributed by atoms with Gasteiger partial charge in [-0.25, -0.2) is 9.97 Å². The van der Waals surface area contributed by atoms with Crippen LogP contribution in [-0.2, 0) is 4.74 Å². The van der Waals surface area contributed by atoms with Crippen LogP contribution in [0.5, 0.6) is 5.75 Å². The van der Waals surface area contributed by atoms with E-state index in [0.717, 1.165) is 0 Å². The highest BCUT2D eigenvalue weighted by atomic mass is 35.5. The Kier molecular flexibility index (Phi) is 6.13. The number of hydrogen-bond donors (Lipinski definition) is 2. The zero-order chi connectivity index (χ0) is 16.7. The van der Waals surface area contributed by atoms with Gasteiger partial charge in [-0.15, -0.1) is 0 Å². The van der Waals surface area contributed by atoms with E-state index < -0.39 is 0 Å². The van der Waals surface area contributed by atoms with Crippen molar-refractivity contribution in [1.29, 1.82) is 0 Å². The van der Waals surface area contributed by atoms with E-state index in [1.807, 2.05) is 0 Å². The molecule has 122 valence electrons. The average molecular weight is 337 g/mol. The van der Waals surface area contributed by atoms with Crippen molar-refractivity contribution in [3.63, 3.8) is 0 Å². The van der Waals surface area contributed by atoms with Crippen LogP contribution in [0.4, 0.5) is 11.5 Å². The van der Waals surface area contributed by atoms with Crippen LogP contribution in [0.25, 0.3) is 0 Å². The molecule has 2 aromatic rings. The lowest BCUT2D eigenvalue weighted by Gasteiger charge is -2.09. The van der Waals surface area contributed by atoms with Gasteiger partial charge in [0.15, 0.2) is 0 Å². The molecule has 0 atom stereocenters. The van der Waals surface area contributed by atoms with Crippen molar-refractivity contribution in [2.75, 3.05) is 38.0 Å². The van der Waals surface area contributed by atoms with Gasteiger partial charge in [-0.2, -0.15) is 0 Å². The maximum Gasteiger partial charge on any atom is 0.274 e. The standard InChI is InChI=1S/C15H17ClN4O3/c1-22-6-5-17-14-8-12(18-9-19-14)15(21)20-10-3-4-13(23-2)11(16)7-10/h3-4,7-9H,5-6H2,1-2H3,(H,20,21)(H,17,18,19). The van der Waals surface area contributed by atoms with Crippen molar-refractivity contribution < 1.29 is 14.3 Å². The highest BCUT2D eigenvalue weighted by Crippen LogP contribution is 2.27. The van der Waals surface area contributed by atoms with Gasteiger partial charge in [0.1, 0.15) is 23.6 Å². The van der Waals surface area contributed by atoms with E-state index in [9.17, 15) is 4.79 Å². The van der Waals surface area contributed by atoms with Gasteiger partial charge in [0.05, 0.1) is 18.7 Å². The molecule has 0 aliphatic carbocycles. The zero-order valence-electron chi connectivity index (χ0n) is 12.8. The molecule has 1 aromatic heterocycles. The summed E-state index contributed by atoms with van der Waals surface area (Å²) in [6.07, 6.45) is 1.32. The van der Waals surface area contributed by atoms with Crippen LogP contribution in [0.2, 0.25) is 5.02 Å². The molecular formula is C15H17ClN4O3. The first-order valence-corrected chi connectivity index (χ1v) is 7.21. The molecule has 0 aliphatic heterocycles. The van der Waals surface area contributed by atoms with Crippen molar-refractivity contribution >= 4 is 29.0 Å². The number of nitrogens with one attached hydrogen (secondary N) is 2. The van der Waals surface area contributed by atoms with Crippen molar-refractivity contribution in [3.05, 3.63) is 41.3 Å². The maximum atomic E-state index is 12.2. The Bertz CT molecular complexity index is 682. The van der Waals surface area contributed by atoms with Gasteiger partial charge in [-0.3, -0.25) is 4.79 Å². The molecule has 8 heteroatoms. The van der Waals surface area contributed by atoms with E-state index in [2.05, 4.69) is 20.6 Å². The van der Waals surface area contributed by atoms with Crippen LogP contribution in [0, 0.1) is 0 Å². The van der Waals surface area contributed by atoms with Crippen LogP contribution in [0.1, 0.15) is 10.5 Å². The largest absolute Gasteiger partial charge is 0.495 e. The Labute approximate surface area is 139 Å². The smallest absolute Gasteiger partial charge is 0.274 e. The number of amides is 1. The Balaban J connectivity index is 2.05. The van der Waals surface area contributed by atoms with Crippen LogP contribution in [0.15, 0.2) is 30.6 Å². The molecule has 0 aliphatic rings. The lowest BCUT2D eigenvalue weighted by atomic mass is 10.3. The molecule has 0 saturated heterocycles. The summed E-state index contributed by atoms with van der Waals surface area (Å²) in [4.78, 5) is 20.2. The summed E-state index contributed by atoms with van der Waals surface area (Å²) in [5.41, 5.74) is 0.792. The fourth-order valence-electron chi connectivity index (χ4n) is 1.80. The number of methoxy groups -OCH3 is 2. The third kappa shape index (κ3) is 4.80. The number of aromatic nitrogens is 2. The van der Waals surface area contributed by atoms with E-state index >= 15 is 0 Å². The molecule has 2 rings (SSSR count). The minimum atomic E-state index is -0.358. The van der Waals surface area contributed by atoms with Gasteiger partial charge in [0.2, 0.25) is 0 Å². The van der Waals surface area contributed by atoms with Gasteiger partial charge >= 0.3 is 0 Å². The molecule has 0 saturated carbocycles. The molecule has 2 N–H and O–H groups in total. The molecule has 0 fully saturated rings. The van der Waals surface area contributed by atoms with E-state index in [4.69, 9.17) is 21.1 Å². The van der Waals surface area contributed by atoms with Crippen molar-refractivity contribution in [1.82, 2.24) is 9.97 Å². The number of ether oxygens (including phenoxy) is 2. The first-order chi connectivity index (χ1) is 11.1. The topological polar surface area (TPSA) is 85.4 Å². The second-order valence-electron chi connectivity index (χ2n) is 4.51. The van der Waals surface area contributed by atoms with Crippen LogP contribution >= 0.6 is 11.6 Å². The Morgan fingerprint density at radius 3 is 2.78 bits per heavy atom. The maximum absolute atomic E-state index is 12.2. The van der Waals surface area contributed by atoms with Crippen LogP contribution in [-0.4, -0.2) is 43.2 Å². The Morgan fingerprint density at radius 1 is 1.26 bits per heavy atom. The lowest BCUT2D eigenvalue weighted by Crippen LogP contribution is -2.15. The molecule has 0 bridgehead atoms. The fourth-order valence-corrected chi connectivity index (χ4v) is 2.06. The third-order valence-corrected chi connectivity index (χ3v) is 3.22. The summed E-state index contributed by atoms with van der Waals surface area (Å²) in [7, 11) is 3.14. The number of nitrogens with zero attached hydrogens (tertiary/aromatic N) is 2. The molecular weight excluding hydrogens is 320 g/mol. The number of carbonyl (C=O) groups excluding carboxylic acids is 1. The normalized spacial score (nSPS) is 10.2. The fraction of sp³-hybridized carbons (Fsp3) is 0.267. The SMILES string of the molecule is COCCNc1cc(C(=O)Nc2ccc(OC)c(Cl)c2)ncn1. The average Bonchev–Trinajstić information content (AvgIpc) is 2.55. The molecule has 1 aromatic carbocycles. The second kappa shape index (κ2) is 8.30. The van der Waals surface area contributed by atoms with Gasteiger partial charge in [0.25, 0.3) is 5.91 Å². The predicted octanol–water partition coefficient (Wildman–Crippen LogP) is 2.45. The molecule has 1 amide bonds. The van der Waals surface area contributed by atoms with Crippen LogP contribution in [0.3, 0.4) is 0 Å². The highest BCUT2D eigenvalue weighted by Gasteiger charge is 2.10. The molecule has 23 heavy (non-hydrogen) atoms. The van der Waals surface area contributed by atoms with E-state index in [0.29, 0.717) is 35.4 Å². The van der Waals surface area contributed by atoms with E-state index in [1.54, 1.807) is 31.4 Å². The van der Waals surface area contributed by atoms with Gasteiger partial charge < -0.3 is 20.1 Å². The van der Waals surface area contributed by atoms with Gasteiger partial charge in [-0.05, 0) is 18.2 Å². The number of benzene rings is 1. The summed E-state index contributed by atoms with van der Waals surface area (Å²) in [5, 5.41) is 6.17. The number of anilines is 2. The van der Waals surface area contributed by atoms with Crippen molar-refractivity contribution in [3.8, 4) is 5.75 Å². The van der Waals surface area contributed by atoms with Crippen LogP contribution < -0.4 is 15.4 Å². The highest BCUT2D eigenvalue weighted by molar-refractivity contribution is 6.32. The Hall–Kier alpha value is -2.38. The van der Waals surface area contributed by atoms with Crippen molar-refractivity contribution in [2.24, 2.45) is 0 Å². The Morgan fingerprint density at radius 2 is 2.09 bits per heavy atom. The minimum absolute atomic E-state index is 0.242. The first-order valence-electron chi connectivity index (χ1n) is 6.83. The molecule has 0 spiro atoms. The lowest BCUT2D eigenvalue weighted by molar-refractivity contribution is 0.102. The van der Waals surface area contributed by atoms with E-state index in [1.165, 1.54) is 13.4 Å². The monoisotopic (exact) mass is 336 g/mol. The van der Waals surface area contributed by atoms with Crippen molar-refractivity contribution in [2.45, 2.75) is 0 Å². The first kappa shape index (κ1) is 17.0. The summed E-state index contributed by atoms with van der Waals surface area (Å²) >= 11 is 6.03. The molecule has 0 radical (unpaired) electrons. The number of hydrogen-bond acceptors (Lipinski definition) is 6. The van der Waals surface area contributed by atoms with E-state index in [-0.39, 0.29) is 11.6 Å². The molecule has 1 heterocycles. The molecule has 0 unspecified atom stereocenters. The number of carbonyl (C=O) groups is 1. The summed E-state index contributed by atoms with van der Waals surface area (Å²) in [5.74, 6) is 0.731. The summed E-state index contributed by atoms with van der Waals surface area (Å²) in [6, 6.07) is 6.55. The molecule has 7 nitrogen and oxygen atoms in total. The van der Waals surface area contributed by atoms with Gasteiger partial charge in [0, 0.05) is 25.4 Å². The number of halogens is 1.